The van der Waals surface area contributed by atoms with Crippen molar-refractivity contribution in [2.75, 3.05) is 6.61 Å². The van der Waals surface area contributed by atoms with E-state index in [4.69, 9.17) is 9.72 Å². The fraction of sp³-hybridized carbons (Fsp3) is 0.250. The SMILES string of the molecule is CCOC(=O)c1ccc(-c2c(C3=CCCCC3)ncc3ccccc23)cc1. The summed E-state index contributed by atoms with van der Waals surface area (Å²) in [5, 5.41) is 2.32. The highest BCUT2D eigenvalue weighted by Crippen LogP contribution is 2.37. The van der Waals surface area contributed by atoms with Gasteiger partial charge in [0, 0.05) is 17.1 Å². The normalized spacial score (nSPS) is 14.0. The van der Waals surface area contributed by atoms with E-state index in [1.54, 1.807) is 0 Å². The minimum atomic E-state index is -0.282. The molecule has 0 bridgehead atoms. The molecule has 27 heavy (non-hydrogen) atoms. The van der Waals surface area contributed by atoms with E-state index < -0.39 is 0 Å². The Labute approximate surface area is 159 Å². The highest BCUT2D eigenvalue weighted by atomic mass is 16.5. The van der Waals surface area contributed by atoms with Gasteiger partial charge in [-0.2, -0.15) is 0 Å². The third-order valence-electron chi connectivity index (χ3n) is 5.08. The van der Waals surface area contributed by atoms with Gasteiger partial charge >= 0.3 is 5.97 Å². The van der Waals surface area contributed by atoms with Crippen molar-refractivity contribution >= 4 is 22.3 Å². The van der Waals surface area contributed by atoms with Crippen LogP contribution in [0, 0.1) is 0 Å². The second kappa shape index (κ2) is 7.75. The van der Waals surface area contributed by atoms with Crippen molar-refractivity contribution in [2.24, 2.45) is 0 Å². The van der Waals surface area contributed by atoms with Gasteiger partial charge in [-0.15, -0.1) is 0 Å². The maximum absolute atomic E-state index is 12.0. The average Bonchev–Trinajstić information content (AvgIpc) is 2.74. The molecule has 136 valence electrons. The lowest BCUT2D eigenvalue weighted by Crippen LogP contribution is -2.04. The van der Waals surface area contributed by atoms with Gasteiger partial charge in [-0.1, -0.05) is 42.5 Å². The molecule has 4 rings (SSSR count). The smallest absolute Gasteiger partial charge is 0.338 e. The lowest BCUT2D eigenvalue weighted by atomic mass is 9.89. The molecule has 1 aliphatic rings. The van der Waals surface area contributed by atoms with Crippen molar-refractivity contribution in [3.63, 3.8) is 0 Å². The number of hydrogen-bond acceptors (Lipinski definition) is 3. The summed E-state index contributed by atoms with van der Waals surface area (Å²) in [4.78, 5) is 16.8. The minimum Gasteiger partial charge on any atom is -0.462 e. The lowest BCUT2D eigenvalue weighted by molar-refractivity contribution is 0.0526. The van der Waals surface area contributed by atoms with E-state index in [9.17, 15) is 4.79 Å². The number of ether oxygens (including phenoxy) is 1. The Balaban J connectivity index is 1.86. The van der Waals surface area contributed by atoms with Crippen LogP contribution in [0.1, 0.15) is 48.7 Å². The van der Waals surface area contributed by atoms with Crippen molar-refractivity contribution in [1.82, 2.24) is 4.98 Å². The molecule has 0 saturated carbocycles. The van der Waals surface area contributed by atoms with Gasteiger partial charge in [-0.25, -0.2) is 4.79 Å². The Hall–Kier alpha value is -2.94. The zero-order valence-corrected chi connectivity index (χ0v) is 15.6. The van der Waals surface area contributed by atoms with Crippen molar-refractivity contribution in [3.05, 3.63) is 72.1 Å². The number of rotatable bonds is 4. The van der Waals surface area contributed by atoms with E-state index in [0.29, 0.717) is 12.2 Å². The molecule has 3 heteroatoms. The molecule has 1 heterocycles. The monoisotopic (exact) mass is 357 g/mol. The number of carbonyl (C=O) groups is 1. The van der Waals surface area contributed by atoms with E-state index in [2.05, 4.69) is 24.3 Å². The molecular weight excluding hydrogens is 334 g/mol. The van der Waals surface area contributed by atoms with E-state index in [0.717, 1.165) is 35.0 Å². The Bertz CT molecular complexity index is 1000. The Morgan fingerprint density at radius 1 is 1.07 bits per heavy atom. The zero-order chi connectivity index (χ0) is 18.6. The highest BCUT2D eigenvalue weighted by molar-refractivity contribution is 6.01. The summed E-state index contributed by atoms with van der Waals surface area (Å²) in [5.74, 6) is -0.282. The molecular formula is C24H23NO2. The molecule has 0 N–H and O–H groups in total. The number of nitrogens with zero attached hydrogens (tertiary/aromatic N) is 1. The second-order valence-corrected chi connectivity index (χ2v) is 6.84. The summed E-state index contributed by atoms with van der Waals surface area (Å²) in [6, 6.07) is 16.0. The largest absolute Gasteiger partial charge is 0.462 e. The quantitative estimate of drug-likeness (QED) is 0.535. The number of hydrogen-bond donors (Lipinski definition) is 0. The highest BCUT2D eigenvalue weighted by Gasteiger charge is 2.17. The van der Waals surface area contributed by atoms with Gasteiger partial charge in [0.25, 0.3) is 0 Å². The summed E-state index contributed by atoms with van der Waals surface area (Å²) < 4.78 is 5.10. The third-order valence-corrected chi connectivity index (χ3v) is 5.08. The number of fused-ring (bicyclic) bond motifs is 1. The molecule has 0 radical (unpaired) electrons. The molecule has 0 spiro atoms. The molecule has 0 fully saturated rings. The first-order valence-corrected chi connectivity index (χ1v) is 9.62. The van der Waals surface area contributed by atoms with E-state index in [1.807, 2.05) is 43.5 Å². The molecule has 0 atom stereocenters. The molecule has 0 amide bonds. The minimum absolute atomic E-state index is 0.282. The van der Waals surface area contributed by atoms with Crippen LogP contribution < -0.4 is 0 Å². The Morgan fingerprint density at radius 3 is 2.63 bits per heavy atom. The van der Waals surface area contributed by atoms with Gasteiger partial charge in [-0.3, -0.25) is 4.98 Å². The van der Waals surface area contributed by atoms with Crippen LogP contribution in [0.2, 0.25) is 0 Å². The molecule has 2 aromatic carbocycles. The van der Waals surface area contributed by atoms with Crippen LogP contribution in [-0.4, -0.2) is 17.6 Å². The number of carbonyl (C=O) groups excluding carboxylic acids is 1. The predicted octanol–water partition coefficient (Wildman–Crippen LogP) is 6.04. The molecule has 0 unspecified atom stereocenters. The van der Waals surface area contributed by atoms with Gasteiger partial charge < -0.3 is 4.74 Å². The lowest BCUT2D eigenvalue weighted by Gasteiger charge is -2.18. The van der Waals surface area contributed by atoms with Crippen LogP contribution in [0.15, 0.2) is 60.8 Å². The van der Waals surface area contributed by atoms with Crippen molar-refractivity contribution < 1.29 is 9.53 Å². The van der Waals surface area contributed by atoms with Crippen LogP contribution >= 0.6 is 0 Å². The van der Waals surface area contributed by atoms with Gasteiger partial charge in [0.1, 0.15) is 0 Å². The van der Waals surface area contributed by atoms with Crippen molar-refractivity contribution in [2.45, 2.75) is 32.6 Å². The maximum atomic E-state index is 12.0. The zero-order valence-electron chi connectivity index (χ0n) is 15.6. The first kappa shape index (κ1) is 17.5. The van der Waals surface area contributed by atoms with Gasteiger partial charge in [0.15, 0.2) is 0 Å². The van der Waals surface area contributed by atoms with Crippen molar-refractivity contribution in [1.29, 1.82) is 0 Å². The van der Waals surface area contributed by atoms with E-state index in [-0.39, 0.29) is 5.97 Å². The fourth-order valence-corrected chi connectivity index (χ4v) is 3.74. The standard InChI is InChI=1S/C24H23NO2/c1-2-27-24(26)19-14-12-17(13-15-19)22-21-11-7-6-10-20(21)16-25-23(22)18-8-4-3-5-9-18/h6-8,10-16H,2-5,9H2,1H3. The van der Waals surface area contributed by atoms with Gasteiger partial charge in [0.2, 0.25) is 0 Å². The van der Waals surface area contributed by atoms with Crippen LogP contribution in [0.4, 0.5) is 0 Å². The number of aromatic nitrogens is 1. The molecule has 1 aliphatic carbocycles. The van der Waals surface area contributed by atoms with Gasteiger partial charge in [0.05, 0.1) is 17.9 Å². The predicted molar refractivity (Wildman–Crippen MR) is 110 cm³/mol. The number of pyridine rings is 1. The summed E-state index contributed by atoms with van der Waals surface area (Å²) in [6.07, 6.45) is 8.94. The first-order chi connectivity index (χ1) is 13.3. The van der Waals surface area contributed by atoms with Crippen LogP contribution in [-0.2, 0) is 4.74 Å². The van der Waals surface area contributed by atoms with Crippen LogP contribution in [0.5, 0.6) is 0 Å². The van der Waals surface area contributed by atoms with Gasteiger partial charge in [-0.05, 0) is 61.3 Å². The summed E-state index contributed by atoms with van der Waals surface area (Å²) >= 11 is 0. The molecule has 3 nitrogen and oxygen atoms in total. The second-order valence-electron chi connectivity index (χ2n) is 6.84. The third kappa shape index (κ3) is 3.50. The number of allylic oxidation sites excluding steroid dienone is 2. The fourth-order valence-electron chi connectivity index (χ4n) is 3.74. The van der Waals surface area contributed by atoms with Crippen molar-refractivity contribution in [3.8, 4) is 11.1 Å². The Morgan fingerprint density at radius 2 is 1.89 bits per heavy atom. The topological polar surface area (TPSA) is 39.2 Å². The molecule has 3 aromatic rings. The number of benzene rings is 2. The maximum Gasteiger partial charge on any atom is 0.338 e. The number of esters is 1. The summed E-state index contributed by atoms with van der Waals surface area (Å²) in [6.45, 7) is 2.20. The van der Waals surface area contributed by atoms with Crippen LogP contribution in [0.3, 0.4) is 0 Å². The Kier molecular flexibility index (Phi) is 5.01. The van der Waals surface area contributed by atoms with E-state index >= 15 is 0 Å². The van der Waals surface area contributed by atoms with E-state index in [1.165, 1.54) is 23.8 Å². The molecule has 0 aliphatic heterocycles. The summed E-state index contributed by atoms with van der Waals surface area (Å²) in [5.41, 5.74) is 5.20. The summed E-state index contributed by atoms with van der Waals surface area (Å²) in [7, 11) is 0. The molecule has 0 saturated heterocycles. The molecule has 1 aromatic heterocycles. The average molecular weight is 357 g/mol. The first-order valence-electron chi connectivity index (χ1n) is 9.62. The van der Waals surface area contributed by atoms with Crippen LogP contribution in [0.25, 0.3) is 27.5 Å².